The molecule has 1 fully saturated rings. The fraction of sp³-hybridized carbons (Fsp3) is 0.632. The summed E-state index contributed by atoms with van der Waals surface area (Å²) in [5.74, 6) is 0. The standard InChI is InChI=1S/C19H30N2O3/c1-15(22)12-17-14-20(13-16-8-6-5-7-9-16)10-11-21(17)18(23)24-19(2,3)4/h5-9,15,17,22H,10-14H2,1-4H3/t15-,17?/m0/s1. The molecule has 1 aromatic carbocycles. The summed E-state index contributed by atoms with van der Waals surface area (Å²) in [5.41, 5.74) is 0.757. The van der Waals surface area contributed by atoms with Crippen LogP contribution in [0.1, 0.15) is 39.7 Å². The summed E-state index contributed by atoms with van der Waals surface area (Å²) in [6.07, 6.45) is -0.172. The lowest BCUT2D eigenvalue weighted by Crippen LogP contribution is -2.56. The number of rotatable bonds is 4. The first-order valence-electron chi connectivity index (χ1n) is 8.68. The minimum atomic E-state index is -0.506. The van der Waals surface area contributed by atoms with Gasteiger partial charge in [0, 0.05) is 26.2 Å². The Morgan fingerprint density at radius 3 is 2.54 bits per heavy atom. The Morgan fingerprint density at radius 2 is 1.96 bits per heavy atom. The Kier molecular flexibility index (Phi) is 6.24. The molecule has 0 spiro atoms. The van der Waals surface area contributed by atoms with Crippen molar-refractivity contribution < 1.29 is 14.6 Å². The Morgan fingerprint density at radius 1 is 1.29 bits per heavy atom. The molecule has 5 heteroatoms. The lowest BCUT2D eigenvalue weighted by atomic mass is 10.0. The Labute approximate surface area is 145 Å². The van der Waals surface area contributed by atoms with Gasteiger partial charge in [0.2, 0.25) is 0 Å². The smallest absolute Gasteiger partial charge is 0.410 e. The summed E-state index contributed by atoms with van der Waals surface area (Å²) in [5, 5.41) is 9.82. The average Bonchev–Trinajstić information content (AvgIpc) is 2.46. The summed E-state index contributed by atoms with van der Waals surface area (Å²) in [4.78, 5) is 16.6. The van der Waals surface area contributed by atoms with Crippen LogP contribution in [0.25, 0.3) is 0 Å². The molecule has 0 saturated carbocycles. The summed E-state index contributed by atoms with van der Waals surface area (Å²) in [7, 11) is 0. The molecule has 1 aliphatic rings. The van der Waals surface area contributed by atoms with Gasteiger partial charge in [-0.05, 0) is 39.7 Å². The van der Waals surface area contributed by atoms with Crippen LogP contribution < -0.4 is 0 Å². The highest BCUT2D eigenvalue weighted by Crippen LogP contribution is 2.20. The van der Waals surface area contributed by atoms with Gasteiger partial charge in [-0.3, -0.25) is 4.90 Å². The molecular weight excluding hydrogens is 304 g/mol. The van der Waals surface area contributed by atoms with Gasteiger partial charge in [0.1, 0.15) is 5.60 Å². The third kappa shape index (κ3) is 5.80. The maximum atomic E-state index is 12.5. The van der Waals surface area contributed by atoms with Gasteiger partial charge in [0.25, 0.3) is 0 Å². The van der Waals surface area contributed by atoms with Crippen LogP contribution >= 0.6 is 0 Å². The van der Waals surface area contributed by atoms with E-state index in [0.29, 0.717) is 13.0 Å². The van der Waals surface area contributed by atoms with Gasteiger partial charge in [0.15, 0.2) is 0 Å². The molecule has 134 valence electrons. The van der Waals surface area contributed by atoms with E-state index in [4.69, 9.17) is 4.74 Å². The minimum Gasteiger partial charge on any atom is -0.444 e. The van der Waals surface area contributed by atoms with E-state index in [0.717, 1.165) is 19.6 Å². The monoisotopic (exact) mass is 334 g/mol. The quantitative estimate of drug-likeness (QED) is 0.920. The molecule has 2 rings (SSSR count). The van der Waals surface area contributed by atoms with Crippen molar-refractivity contribution in [3.8, 4) is 0 Å². The van der Waals surface area contributed by atoms with E-state index < -0.39 is 11.7 Å². The highest BCUT2D eigenvalue weighted by Gasteiger charge is 2.33. The first-order valence-corrected chi connectivity index (χ1v) is 8.68. The third-order valence-corrected chi connectivity index (χ3v) is 4.06. The number of amides is 1. The van der Waals surface area contributed by atoms with Crippen LogP contribution in [-0.2, 0) is 11.3 Å². The molecular formula is C19H30N2O3. The molecule has 5 nitrogen and oxygen atoms in total. The zero-order valence-corrected chi connectivity index (χ0v) is 15.2. The molecule has 0 bridgehead atoms. The first kappa shape index (κ1) is 18.7. The highest BCUT2D eigenvalue weighted by molar-refractivity contribution is 5.68. The van der Waals surface area contributed by atoms with Crippen molar-refractivity contribution >= 4 is 6.09 Å². The van der Waals surface area contributed by atoms with Crippen molar-refractivity contribution in [3.05, 3.63) is 35.9 Å². The largest absolute Gasteiger partial charge is 0.444 e. The molecule has 0 aromatic heterocycles. The molecule has 1 heterocycles. The van der Waals surface area contributed by atoms with Crippen LogP contribution in [0.4, 0.5) is 4.79 Å². The summed E-state index contributed by atoms with van der Waals surface area (Å²) >= 11 is 0. The number of benzene rings is 1. The summed E-state index contributed by atoms with van der Waals surface area (Å²) < 4.78 is 5.53. The molecule has 1 saturated heterocycles. The number of piperazine rings is 1. The van der Waals surface area contributed by atoms with Crippen molar-refractivity contribution in [3.63, 3.8) is 0 Å². The van der Waals surface area contributed by atoms with E-state index in [-0.39, 0.29) is 12.1 Å². The fourth-order valence-corrected chi connectivity index (χ4v) is 3.06. The second kappa shape index (κ2) is 7.99. The van der Waals surface area contributed by atoms with Crippen LogP contribution in [0.5, 0.6) is 0 Å². The predicted molar refractivity (Wildman–Crippen MR) is 94.7 cm³/mol. The number of nitrogens with zero attached hydrogens (tertiary/aromatic N) is 2. The molecule has 1 N–H and O–H groups in total. The topological polar surface area (TPSA) is 53.0 Å². The zero-order chi connectivity index (χ0) is 17.7. The molecule has 24 heavy (non-hydrogen) atoms. The SMILES string of the molecule is C[C@H](O)CC1CN(Cc2ccccc2)CCN1C(=O)OC(C)(C)C. The maximum Gasteiger partial charge on any atom is 0.410 e. The maximum absolute atomic E-state index is 12.5. The number of carbonyl (C=O) groups is 1. The second-order valence-corrected chi connectivity index (χ2v) is 7.63. The van der Waals surface area contributed by atoms with E-state index in [1.165, 1.54) is 5.56 Å². The van der Waals surface area contributed by atoms with Crippen molar-refractivity contribution in [2.75, 3.05) is 19.6 Å². The average molecular weight is 334 g/mol. The highest BCUT2D eigenvalue weighted by atomic mass is 16.6. The van der Waals surface area contributed by atoms with Gasteiger partial charge in [-0.1, -0.05) is 30.3 Å². The lowest BCUT2D eigenvalue weighted by molar-refractivity contribution is -0.0103. The Bertz CT molecular complexity index is 525. The number of hydrogen-bond donors (Lipinski definition) is 1. The lowest BCUT2D eigenvalue weighted by Gasteiger charge is -2.42. The number of hydrogen-bond acceptors (Lipinski definition) is 4. The van der Waals surface area contributed by atoms with Gasteiger partial charge in [-0.2, -0.15) is 0 Å². The zero-order valence-electron chi connectivity index (χ0n) is 15.2. The van der Waals surface area contributed by atoms with E-state index in [2.05, 4.69) is 17.0 Å². The van der Waals surface area contributed by atoms with E-state index in [1.807, 2.05) is 39.0 Å². The first-order chi connectivity index (χ1) is 11.2. The molecule has 0 aliphatic carbocycles. The van der Waals surface area contributed by atoms with Crippen molar-refractivity contribution in [1.29, 1.82) is 0 Å². The van der Waals surface area contributed by atoms with E-state index in [1.54, 1.807) is 11.8 Å². The third-order valence-electron chi connectivity index (χ3n) is 4.06. The van der Waals surface area contributed by atoms with Gasteiger partial charge < -0.3 is 14.7 Å². The predicted octanol–water partition coefficient (Wildman–Crippen LogP) is 2.88. The van der Waals surface area contributed by atoms with Crippen molar-refractivity contribution in [2.45, 2.75) is 58.4 Å². The van der Waals surface area contributed by atoms with Gasteiger partial charge in [-0.25, -0.2) is 4.79 Å². The van der Waals surface area contributed by atoms with Gasteiger partial charge in [-0.15, -0.1) is 0 Å². The summed E-state index contributed by atoms with van der Waals surface area (Å²) in [6, 6.07) is 10.3. The normalized spacial score (nSPS) is 20.7. The van der Waals surface area contributed by atoms with Crippen LogP contribution in [-0.4, -0.2) is 58.4 Å². The van der Waals surface area contributed by atoms with Crippen LogP contribution in [0, 0.1) is 0 Å². The minimum absolute atomic E-state index is 0.0303. The number of aliphatic hydroxyl groups excluding tert-OH is 1. The Hall–Kier alpha value is -1.59. The molecule has 1 aliphatic heterocycles. The molecule has 1 unspecified atom stereocenters. The fourth-order valence-electron chi connectivity index (χ4n) is 3.06. The van der Waals surface area contributed by atoms with E-state index >= 15 is 0 Å². The van der Waals surface area contributed by atoms with Gasteiger partial charge in [0.05, 0.1) is 12.1 Å². The van der Waals surface area contributed by atoms with Crippen LogP contribution in [0.3, 0.4) is 0 Å². The van der Waals surface area contributed by atoms with E-state index in [9.17, 15) is 9.90 Å². The molecule has 1 amide bonds. The number of ether oxygens (including phenoxy) is 1. The van der Waals surface area contributed by atoms with Crippen molar-refractivity contribution in [1.82, 2.24) is 9.80 Å². The molecule has 0 radical (unpaired) electrons. The van der Waals surface area contributed by atoms with Crippen LogP contribution in [0.15, 0.2) is 30.3 Å². The van der Waals surface area contributed by atoms with Crippen molar-refractivity contribution in [2.24, 2.45) is 0 Å². The van der Waals surface area contributed by atoms with Crippen LogP contribution in [0.2, 0.25) is 0 Å². The number of carbonyl (C=O) groups excluding carboxylic acids is 1. The molecule has 2 atom stereocenters. The summed E-state index contributed by atoms with van der Waals surface area (Å²) in [6.45, 7) is 10.4. The second-order valence-electron chi connectivity index (χ2n) is 7.63. The number of aliphatic hydroxyl groups is 1. The molecule has 1 aromatic rings. The Balaban J connectivity index is 2.02. The van der Waals surface area contributed by atoms with Gasteiger partial charge >= 0.3 is 6.09 Å².